The second-order valence-corrected chi connectivity index (χ2v) is 7.42. The summed E-state index contributed by atoms with van der Waals surface area (Å²) in [6.07, 6.45) is 1.44. The Kier molecular flexibility index (Phi) is 4.98. The van der Waals surface area contributed by atoms with Gasteiger partial charge in [0.15, 0.2) is 0 Å². The van der Waals surface area contributed by atoms with Gasteiger partial charge in [-0.15, -0.1) is 0 Å². The molecule has 128 valence electrons. The average molecular weight is 375 g/mol. The number of anilines is 2. The zero-order valence-corrected chi connectivity index (χ0v) is 14.6. The van der Waals surface area contributed by atoms with Gasteiger partial charge in [0.05, 0.1) is 11.4 Å². The van der Waals surface area contributed by atoms with Gasteiger partial charge in [0.1, 0.15) is 12.1 Å². The van der Waals surface area contributed by atoms with Gasteiger partial charge < -0.3 is 5.32 Å². The molecule has 0 saturated carbocycles. The molecule has 0 bridgehead atoms. The summed E-state index contributed by atoms with van der Waals surface area (Å²) in [6, 6.07) is 16.1. The van der Waals surface area contributed by atoms with Gasteiger partial charge in [0, 0.05) is 22.3 Å². The second-order valence-electron chi connectivity index (χ2n) is 5.40. The Hall–Kier alpha value is -2.48. The van der Waals surface area contributed by atoms with E-state index in [0.717, 1.165) is 5.56 Å². The smallest absolute Gasteiger partial charge is 0.213 e. The SMILES string of the molecule is NS(=O)(=O)Cc1cccc(Nc2cc(-c3ccccc3Cl)ncn2)c1. The fourth-order valence-electron chi connectivity index (χ4n) is 2.36. The number of hydrogen-bond donors (Lipinski definition) is 2. The van der Waals surface area contributed by atoms with Crippen LogP contribution in [0, 0.1) is 0 Å². The van der Waals surface area contributed by atoms with Crippen molar-refractivity contribution < 1.29 is 8.42 Å². The van der Waals surface area contributed by atoms with Crippen molar-refractivity contribution in [3.05, 3.63) is 71.5 Å². The van der Waals surface area contributed by atoms with Crippen LogP contribution in [0.3, 0.4) is 0 Å². The fraction of sp³-hybridized carbons (Fsp3) is 0.0588. The van der Waals surface area contributed by atoms with Crippen LogP contribution in [0.25, 0.3) is 11.3 Å². The van der Waals surface area contributed by atoms with Crippen molar-refractivity contribution in [2.75, 3.05) is 5.32 Å². The van der Waals surface area contributed by atoms with Crippen molar-refractivity contribution in [1.82, 2.24) is 9.97 Å². The van der Waals surface area contributed by atoms with E-state index in [0.29, 0.717) is 27.8 Å². The van der Waals surface area contributed by atoms with Crippen LogP contribution in [-0.2, 0) is 15.8 Å². The number of rotatable bonds is 5. The van der Waals surface area contributed by atoms with E-state index in [9.17, 15) is 8.42 Å². The van der Waals surface area contributed by atoms with Gasteiger partial charge in [-0.1, -0.05) is 41.9 Å². The zero-order valence-electron chi connectivity index (χ0n) is 13.1. The van der Waals surface area contributed by atoms with E-state index >= 15 is 0 Å². The van der Waals surface area contributed by atoms with Gasteiger partial charge in [0.25, 0.3) is 0 Å². The number of halogens is 1. The minimum absolute atomic E-state index is 0.225. The zero-order chi connectivity index (χ0) is 17.9. The summed E-state index contributed by atoms with van der Waals surface area (Å²) in [7, 11) is -3.58. The number of nitrogens with zero attached hydrogens (tertiary/aromatic N) is 2. The van der Waals surface area contributed by atoms with Crippen LogP contribution in [-0.4, -0.2) is 18.4 Å². The van der Waals surface area contributed by atoms with Crippen LogP contribution in [0.2, 0.25) is 5.02 Å². The molecule has 3 N–H and O–H groups in total. The van der Waals surface area contributed by atoms with Crippen LogP contribution in [0.1, 0.15) is 5.56 Å². The van der Waals surface area contributed by atoms with Crippen LogP contribution in [0.4, 0.5) is 11.5 Å². The Bertz CT molecular complexity index is 1010. The molecule has 2 aromatic carbocycles. The molecule has 8 heteroatoms. The molecular weight excluding hydrogens is 360 g/mol. The number of nitrogens with one attached hydrogen (secondary N) is 1. The molecule has 0 amide bonds. The lowest BCUT2D eigenvalue weighted by molar-refractivity contribution is 0.597. The van der Waals surface area contributed by atoms with Gasteiger partial charge in [0.2, 0.25) is 10.0 Å². The average Bonchev–Trinajstić information content (AvgIpc) is 2.54. The summed E-state index contributed by atoms with van der Waals surface area (Å²) in [6.45, 7) is 0. The lowest BCUT2D eigenvalue weighted by atomic mass is 10.1. The highest BCUT2D eigenvalue weighted by molar-refractivity contribution is 7.88. The van der Waals surface area contributed by atoms with E-state index in [1.165, 1.54) is 6.33 Å². The van der Waals surface area contributed by atoms with Gasteiger partial charge in [-0.05, 0) is 23.8 Å². The Balaban J connectivity index is 1.86. The highest BCUT2D eigenvalue weighted by Crippen LogP contribution is 2.27. The van der Waals surface area contributed by atoms with Crippen LogP contribution in [0.5, 0.6) is 0 Å². The molecule has 6 nitrogen and oxygen atoms in total. The van der Waals surface area contributed by atoms with Crippen molar-refractivity contribution in [1.29, 1.82) is 0 Å². The first-order chi connectivity index (χ1) is 11.9. The normalized spacial score (nSPS) is 11.3. The van der Waals surface area contributed by atoms with Crippen LogP contribution in [0.15, 0.2) is 60.9 Å². The Morgan fingerprint density at radius 2 is 1.84 bits per heavy atom. The number of nitrogens with two attached hydrogens (primary N) is 1. The molecule has 1 aromatic heterocycles. The molecule has 25 heavy (non-hydrogen) atoms. The predicted octanol–water partition coefficient (Wildman–Crippen LogP) is 3.33. The molecule has 0 aliphatic carbocycles. The summed E-state index contributed by atoms with van der Waals surface area (Å²) in [5.41, 5.74) is 2.78. The van der Waals surface area contributed by atoms with Crippen molar-refractivity contribution in [2.45, 2.75) is 5.75 Å². The number of benzene rings is 2. The fourth-order valence-corrected chi connectivity index (χ4v) is 3.24. The molecule has 0 atom stereocenters. The molecule has 3 rings (SSSR count). The number of sulfonamides is 1. The topological polar surface area (TPSA) is 98.0 Å². The van der Waals surface area contributed by atoms with Gasteiger partial charge in [-0.3, -0.25) is 0 Å². The Labute approximate surface area is 150 Å². The maximum absolute atomic E-state index is 11.2. The molecule has 3 aromatic rings. The largest absolute Gasteiger partial charge is 0.340 e. The van der Waals surface area contributed by atoms with E-state index < -0.39 is 10.0 Å². The van der Waals surface area contributed by atoms with Crippen molar-refractivity contribution in [3.63, 3.8) is 0 Å². The molecule has 0 radical (unpaired) electrons. The van der Waals surface area contributed by atoms with E-state index in [1.807, 2.05) is 24.3 Å². The van der Waals surface area contributed by atoms with E-state index in [2.05, 4.69) is 15.3 Å². The molecular formula is C17H15ClN4O2S. The minimum atomic E-state index is -3.58. The van der Waals surface area contributed by atoms with E-state index in [1.54, 1.807) is 30.3 Å². The summed E-state index contributed by atoms with van der Waals surface area (Å²) < 4.78 is 22.5. The lowest BCUT2D eigenvalue weighted by Gasteiger charge is -2.09. The third-order valence-corrected chi connectivity index (χ3v) is 4.45. The maximum atomic E-state index is 11.2. The first-order valence-corrected chi connectivity index (χ1v) is 9.43. The maximum Gasteiger partial charge on any atom is 0.213 e. The molecule has 0 aliphatic heterocycles. The predicted molar refractivity (Wildman–Crippen MR) is 99.0 cm³/mol. The first-order valence-electron chi connectivity index (χ1n) is 7.34. The number of primary sulfonamides is 1. The molecule has 0 aliphatic rings. The molecule has 0 saturated heterocycles. The monoisotopic (exact) mass is 374 g/mol. The standard InChI is InChI=1S/C17H15ClN4O2S/c18-15-7-2-1-6-14(15)16-9-17(21-11-20-16)22-13-5-3-4-12(8-13)10-25(19,23)24/h1-9,11H,10H2,(H2,19,23,24)(H,20,21,22). The third kappa shape index (κ3) is 4.76. The summed E-state index contributed by atoms with van der Waals surface area (Å²) in [5, 5.41) is 8.82. The summed E-state index contributed by atoms with van der Waals surface area (Å²) >= 11 is 6.20. The van der Waals surface area contributed by atoms with Gasteiger partial charge in [-0.2, -0.15) is 0 Å². The number of aromatic nitrogens is 2. The molecule has 0 fully saturated rings. The summed E-state index contributed by atoms with van der Waals surface area (Å²) in [4.78, 5) is 8.43. The second kappa shape index (κ2) is 7.18. The lowest BCUT2D eigenvalue weighted by Crippen LogP contribution is -2.14. The van der Waals surface area contributed by atoms with Crippen LogP contribution >= 0.6 is 11.6 Å². The highest BCUT2D eigenvalue weighted by Gasteiger charge is 2.08. The number of hydrogen-bond acceptors (Lipinski definition) is 5. The molecule has 0 spiro atoms. The molecule has 0 unspecified atom stereocenters. The summed E-state index contributed by atoms with van der Waals surface area (Å²) in [5.74, 6) is 0.342. The highest BCUT2D eigenvalue weighted by atomic mass is 35.5. The van der Waals surface area contributed by atoms with Crippen molar-refractivity contribution >= 4 is 33.1 Å². The minimum Gasteiger partial charge on any atom is -0.340 e. The van der Waals surface area contributed by atoms with E-state index in [4.69, 9.17) is 16.7 Å². The Morgan fingerprint density at radius 3 is 2.60 bits per heavy atom. The van der Waals surface area contributed by atoms with Crippen molar-refractivity contribution in [2.24, 2.45) is 5.14 Å². The van der Waals surface area contributed by atoms with E-state index in [-0.39, 0.29) is 5.75 Å². The van der Waals surface area contributed by atoms with Gasteiger partial charge in [-0.25, -0.2) is 23.5 Å². The van der Waals surface area contributed by atoms with Crippen molar-refractivity contribution in [3.8, 4) is 11.3 Å². The molecule has 1 heterocycles. The van der Waals surface area contributed by atoms with Crippen LogP contribution < -0.4 is 10.5 Å². The first kappa shape index (κ1) is 17.3. The Morgan fingerprint density at radius 1 is 1.04 bits per heavy atom. The van der Waals surface area contributed by atoms with Gasteiger partial charge >= 0.3 is 0 Å². The quantitative estimate of drug-likeness (QED) is 0.713. The third-order valence-electron chi connectivity index (χ3n) is 3.38.